The lowest BCUT2D eigenvalue weighted by molar-refractivity contribution is 0.760. The fraction of sp³-hybridized carbons (Fsp3) is 0.455. The smallest absolute Gasteiger partial charge is 0.153 e. The van der Waals surface area contributed by atoms with Crippen molar-refractivity contribution in [1.29, 1.82) is 0 Å². The summed E-state index contributed by atoms with van der Waals surface area (Å²) < 4.78 is 1.91. The van der Waals surface area contributed by atoms with Crippen LogP contribution in [0.15, 0.2) is 18.3 Å². The van der Waals surface area contributed by atoms with Gasteiger partial charge in [0.15, 0.2) is 5.65 Å². The maximum atomic E-state index is 4.49. The third-order valence-electron chi connectivity index (χ3n) is 2.34. The van der Waals surface area contributed by atoms with E-state index >= 15 is 0 Å². The van der Waals surface area contributed by atoms with E-state index < -0.39 is 0 Å². The summed E-state index contributed by atoms with van der Waals surface area (Å²) in [4.78, 5) is 4.31. The van der Waals surface area contributed by atoms with E-state index in [1.54, 1.807) is 0 Å². The lowest BCUT2D eigenvalue weighted by Crippen LogP contribution is -2.05. The number of hydrogen-bond acceptors (Lipinski definition) is 3. The molecule has 0 aliphatic rings. The first-order valence-electron chi connectivity index (χ1n) is 5.31. The van der Waals surface area contributed by atoms with Gasteiger partial charge >= 0.3 is 0 Å². The molecule has 0 bridgehead atoms. The summed E-state index contributed by atoms with van der Waals surface area (Å²) in [6.45, 7) is 7.23. The molecule has 2 aromatic rings. The van der Waals surface area contributed by atoms with Crippen LogP contribution in [0.4, 0.5) is 5.82 Å². The zero-order chi connectivity index (χ0) is 10.8. The van der Waals surface area contributed by atoms with Gasteiger partial charge in [-0.1, -0.05) is 13.8 Å². The van der Waals surface area contributed by atoms with Crippen LogP contribution in [-0.4, -0.2) is 21.1 Å². The number of imidazole rings is 1. The highest BCUT2D eigenvalue weighted by Gasteiger charge is 2.08. The van der Waals surface area contributed by atoms with Crippen LogP contribution in [-0.2, 0) is 0 Å². The Balaban J connectivity index is 2.51. The number of nitrogens with one attached hydrogen (secondary N) is 1. The molecule has 0 saturated heterocycles. The predicted octanol–water partition coefficient (Wildman–Crippen LogP) is 2.28. The Morgan fingerprint density at radius 2 is 2.20 bits per heavy atom. The van der Waals surface area contributed by atoms with Crippen molar-refractivity contribution in [3.8, 4) is 0 Å². The lowest BCUT2D eigenvalue weighted by Gasteiger charge is -2.06. The molecular weight excluding hydrogens is 188 g/mol. The molecule has 1 N–H and O–H groups in total. The van der Waals surface area contributed by atoms with Crippen molar-refractivity contribution in [2.24, 2.45) is 0 Å². The second-order valence-corrected chi connectivity index (χ2v) is 3.86. The van der Waals surface area contributed by atoms with Crippen molar-refractivity contribution in [1.82, 2.24) is 14.6 Å². The Labute approximate surface area is 89.3 Å². The maximum Gasteiger partial charge on any atom is 0.153 e. The molecule has 0 unspecified atom stereocenters. The average molecular weight is 204 g/mol. The van der Waals surface area contributed by atoms with Gasteiger partial charge in [-0.25, -0.2) is 9.50 Å². The normalized spacial score (nSPS) is 11.2. The SMILES string of the molecule is CCNc1ccc2ncc(C(C)C)n2n1. The van der Waals surface area contributed by atoms with Crippen LogP contribution in [0, 0.1) is 0 Å². The second kappa shape index (κ2) is 3.88. The van der Waals surface area contributed by atoms with Crippen LogP contribution in [0.5, 0.6) is 0 Å². The number of hydrogen-bond donors (Lipinski definition) is 1. The fourth-order valence-electron chi connectivity index (χ4n) is 1.56. The molecule has 0 spiro atoms. The van der Waals surface area contributed by atoms with Crippen molar-refractivity contribution in [2.45, 2.75) is 26.7 Å². The van der Waals surface area contributed by atoms with Gasteiger partial charge in [0.2, 0.25) is 0 Å². The van der Waals surface area contributed by atoms with Crippen LogP contribution in [0.2, 0.25) is 0 Å². The summed E-state index contributed by atoms with van der Waals surface area (Å²) >= 11 is 0. The quantitative estimate of drug-likeness (QED) is 0.834. The minimum absolute atomic E-state index is 0.435. The van der Waals surface area contributed by atoms with Crippen LogP contribution >= 0.6 is 0 Å². The number of fused-ring (bicyclic) bond motifs is 1. The summed E-state index contributed by atoms with van der Waals surface area (Å²) in [5.41, 5.74) is 2.05. The topological polar surface area (TPSA) is 42.2 Å². The molecular formula is C11H16N4. The molecule has 80 valence electrons. The second-order valence-electron chi connectivity index (χ2n) is 3.86. The first kappa shape index (κ1) is 9.96. The Bertz CT molecular complexity index is 459. The number of rotatable bonds is 3. The summed E-state index contributed by atoms with van der Waals surface area (Å²) in [7, 11) is 0. The summed E-state index contributed by atoms with van der Waals surface area (Å²) in [5.74, 6) is 1.33. The highest BCUT2D eigenvalue weighted by molar-refractivity contribution is 5.45. The molecule has 0 radical (unpaired) electrons. The van der Waals surface area contributed by atoms with E-state index in [4.69, 9.17) is 0 Å². The predicted molar refractivity (Wildman–Crippen MR) is 61.2 cm³/mol. The molecule has 0 fully saturated rings. The lowest BCUT2D eigenvalue weighted by atomic mass is 10.2. The summed E-state index contributed by atoms with van der Waals surface area (Å²) in [6.07, 6.45) is 1.89. The highest BCUT2D eigenvalue weighted by Crippen LogP contribution is 2.16. The molecule has 2 aromatic heterocycles. The third kappa shape index (κ3) is 1.79. The third-order valence-corrected chi connectivity index (χ3v) is 2.34. The van der Waals surface area contributed by atoms with Gasteiger partial charge in [0, 0.05) is 6.54 Å². The van der Waals surface area contributed by atoms with Crippen molar-refractivity contribution in [2.75, 3.05) is 11.9 Å². The molecule has 0 saturated carbocycles. The van der Waals surface area contributed by atoms with E-state index in [-0.39, 0.29) is 0 Å². The van der Waals surface area contributed by atoms with Gasteiger partial charge in [-0.2, -0.15) is 0 Å². The monoisotopic (exact) mass is 204 g/mol. The minimum atomic E-state index is 0.435. The van der Waals surface area contributed by atoms with Gasteiger partial charge in [-0.15, -0.1) is 5.10 Å². The minimum Gasteiger partial charge on any atom is -0.369 e. The standard InChI is InChI=1S/C11H16N4/c1-4-12-10-5-6-11-13-7-9(8(2)3)15(11)14-10/h5-8H,4H2,1-3H3,(H,12,14). The van der Waals surface area contributed by atoms with E-state index in [0.29, 0.717) is 5.92 Å². The van der Waals surface area contributed by atoms with E-state index in [0.717, 1.165) is 23.7 Å². The van der Waals surface area contributed by atoms with Gasteiger partial charge in [0.05, 0.1) is 11.9 Å². The van der Waals surface area contributed by atoms with Gasteiger partial charge in [0.1, 0.15) is 5.82 Å². The fourth-order valence-corrected chi connectivity index (χ4v) is 1.56. The Morgan fingerprint density at radius 3 is 2.87 bits per heavy atom. The van der Waals surface area contributed by atoms with Crippen LogP contribution < -0.4 is 5.32 Å². The molecule has 0 atom stereocenters. The molecule has 0 aliphatic heterocycles. The van der Waals surface area contributed by atoms with Crippen molar-refractivity contribution >= 4 is 11.5 Å². The number of aromatic nitrogens is 3. The largest absolute Gasteiger partial charge is 0.369 e. The van der Waals surface area contributed by atoms with Crippen LogP contribution in [0.25, 0.3) is 5.65 Å². The molecule has 2 heterocycles. The van der Waals surface area contributed by atoms with Gasteiger partial charge in [-0.3, -0.25) is 0 Å². The van der Waals surface area contributed by atoms with E-state index in [1.807, 2.05) is 22.8 Å². The molecule has 15 heavy (non-hydrogen) atoms. The van der Waals surface area contributed by atoms with Crippen LogP contribution in [0.1, 0.15) is 32.4 Å². The molecule has 4 nitrogen and oxygen atoms in total. The maximum absolute atomic E-state index is 4.49. The van der Waals surface area contributed by atoms with E-state index in [9.17, 15) is 0 Å². The van der Waals surface area contributed by atoms with Crippen LogP contribution in [0.3, 0.4) is 0 Å². The molecule has 4 heteroatoms. The van der Waals surface area contributed by atoms with Crippen molar-refractivity contribution in [3.05, 3.63) is 24.0 Å². The zero-order valence-corrected chi connectivity index (χ0v) is 9.36. The highest BCUT2D eigenvalue weighted by atomic mass is 15.3. The Morgan fingerprint density at radius 1 is 1.40 bits per heavy atom. The molecule has 0 aliphatic carbocycles. The first-order chi connectivity index (χ1) is 7.22. The number of anilines is 1. The average Bonchev–Trinajstić information content (AvgIpc) is 2.61. The van der Waals surface area contributed by atoms with Crippen molar-refractivity contribution < 1.29 is 0 Å². The van der Waals surface area contributed by atoms with Gasteiger partial charge < -0.3 is 5.32 Å². The van der Waals surface area contributed by atoms with E-state index in [1.165, 1.54) is 0 Å². The molecule has 0 amide bonds. The zero-order valence-electron chi connectivity index (χ0n) is 9.36. The molecule has 2 rings (SSSR count). The first-order valence-corrected chi connectivity index (χ1v) is 5.31. The molecule has 0 aromatic carbocycles. The van der Waals surface area contributed by atoms with Crippen molar-refractivity contribution in [3.63, 3.8) is 0 Å². The van der Waals surface area contributed by atoms with E-state index in [2.05, 4.69) is 36.2 Å². The van der Waals surface area contributed by atoms with Gasteiger partial charge in [0.25, 0.3) is 0 Å². The van der Waals surface area contributed by atoms with Gasteiger partial charge in [-0.05, 0) is 25.0 Å². The number of nitrogens with zero attached hydrogens (tertiary/aromatic N) is 3. The summed E-state index contributed by atoms with van der Waals surface area (Å²) in [5, 5.41) is 7.69. The Hall–Kier alpha value is -1.58. The Kier molecular flexibility index (Phi) is 2.58. The summed E-state index contributed by atoms with van der Waals surface area (Å²) in [6, 6.07) is 3.94.